The van der Waals surface area contributed by atoms with Crippen molar-refractivity contribution in [2.45, 2.75) is 0 Å². The molecule has 5 nitrogen and oxygen atoms in total. The smallest absolute Gasteiger partial charge is 0.269 e. The quantitative estimate of drug-likeness (QED) is 0.523. The molecule has 0 aliphatic carbocycles. The molecule has 0 saturated carbocycles. The number of nitrogens with one attached hydrogen (secondary N) is 1. The topological polar surface area (TPSA) is 79.3 Å². The third-order valence-electron chi connectivity index (χ3n) is 0.649. The van der Waals surface area contributed by atoms with Gasteiger partial charge in [0, 0.05) is 41.1 Å². The summed E-state index contributed by atoms with van der Waals surface area (Å²) in [7, 11) is -4.15. The van der Waals surface area contributed by atoms with Crippen LogP contribution in [0.2, 0.25) is 0 Å². The molecule has 0 saturated heterocycles. The number of hydrogen-bond acceptors (Lipinski definition) is 4. The number of hydrogen-bond donors (Lipinski definition) is 2. The Morgan fingerprint density at radius 1 is 1.64 bits per heavy atom. The normalized spacial score (nSPS) is 10.3. The van der Waals surface area contributed by atoms with E-state index in [2.05, 4.69) is 4.98 Å². The molecule has 1 heterocycles. The van der Waals surface area contributed by atoms with Gasteiger partial charge >= 0.3 is 10.3 Å². The maximum Gasteiger partial charge on any atom is 0.359 e. The first kappa shape index (κ1) is 11.3. The van der Waals surface area contributed by atoms with Gasteiger partial charge in [0.1, 0.15) is 0 Å². The molecule has 0 fully saturated rings. The zero-order valence-electron chi connectivity index (χ0n) is 5.68. The number of aromatic nitrogens is 1. The summed E-state index contributed by atoms with van der Waals surface area (Å²) in [5, 5.41) is 1.75. The average Bonchev–Trinajstić information content (AvgIpc) is 2.12. The minimum Gasteiger partial charge on any atom is -0.269 e. The first-order chi connectivity index (χ1) is 4.58. The van der Waals surface area contributed by atoms with E-state index in [1.54, 1.807) is 10.1 Å². The van der Waals surface area contributed by atoms with Crippen molar-refractivity contribution in [2.75, 3.05) is 4.72 Å². The Labute approximate surface area is 90.0 Å². The van der Waals surface area contributed by atoms with E-state index in [1.165, 1.54) is 6.20 Å². The third kappa shape index (κ3) is 4.72. The monoisotopic (exact) mass is 203 g/mol. The van der Waals surface area contributed by atoms with Crippen molar-refractivity contribution in [3.05, 3.63) is 11.6 Å². The molecule has 0 aliphatic heterocycles. The number of anilines is 1. The molecule has 57 valence electrons. The van der Waals surface area contributed by atoms with E-state index in [-0.39, 0.29) is 34.7 Å². The zero-order valence-corrected chi connectivity index (χ0v) is 9.32. The Bertz CT molecular complexity index is 294. The van der Waals surface area contributed by atoms with E-state index >= 15 is 0 Å². The van der Waals surface area contributed by atoms with Crippen molar-refractivity contribution in [1.82, 2.24) is 4.98 Å². The maximum atomic E-state index is 10.1. The first-order valence-corrected chi connectivity index (χ1v) is 4.54. The van der Waals surface area contributed by atoms with Gasteiger partial charge < -0.3 is 0 Å². The Hall–Kier alpha value is 0.340. The van der Waals surface area contributed by atoms with Crippen LogP contribution in [-0.2, 0) is 10.3 Å². The van der Waals surface area contributed by atoms with Gasteiger partial charge in [0.15, 0.2) is 5.13 Å². The fourth-order valence-corrected chi connectivity index (χ4v) is 1.54. The predicted molar refractivity (Wildman–Crippen MR) is 43.0 cm³/mol. The van der Waals surface area contributed by atoms with Crippen molar-refractivity contribution >= 4 is 56.3 Å². The molecule has 0 amide bonds. The largest absolute Gasteiger partial charge is 0.359 e. The van der Waals surface area contributed by atoms with E-state index in [9.17, 15) is 8.42 Å². The third-order valence-corrected chi connectivity index (χ3v) is 1.92. The molecular weight excluding hydrogens is 199 g/mol. The number of thiazole rings is 1. The number of nitrogens with zero attached hydrogens (tertiary/aromatic N) is 1. The van der Waals surface area contributed by atoms with Gasteiger partial charge in [-0.25, -0.2) is 9.71 Å². The second-order valence-corrected chi connectivity index (χ2v) is 3.46. The van der Waals surface area contributed by atoms with Gasteiger partial charge in [0.25, 0.3) is 0 Å². The summed E-state index contributed by atoms with van der Waals surface area (Å²) in [6.07, 6.45) is 1.43. The Morgan fingerprint density at radius 3 is 2.64 bits per heavy atom. The molecule has 2 N–H and O–H groups in total. The predicted octanol–water partition coefficient (Wildman–Crippen LogP) is -0.0230. The van der Waals surface area contributed by atoms with Crippen molar-refractivity contribution < 1.29 is 13.0 Å². The standard InChI is InChI=1S/C3H4N2O3S2.Na/c6-10(7,8)5-3-4-1-2-9-3;/h1-2H,(H,4,5)(H,6,7,8);. The summed E-state index contributed by atoms with van der Waals surface area (Å²) < 4.78 is 30.2. The molecule has 8 heteroatoms. The maximum absolute atomic E-state index is 10.1. The van der Waals surface area contributed by atoms with Crippen molar-refractivity contribution in [3.8, 4) is 0 Å². The van der Waals surface area contributed by atoms with Crippen LogP contribution >= 0.6 is 11.3 Å². The van der Waals surface area contributed by atoms with Crippen LogP contribution in [0.15, 0.2) is 11.6 Å². The summed E-state index contributed by atoms with van der Waals surface area (Å²) in [5.41, 5.74) is 0. The molecule has 0 spiro atoms. The van der Waals surface area contributed by atoms with Crippen LogP contribution in [0.1, 0.15) is 0 Å². The van der Waals surface area contributed by atoms with Crippen LogP contribution < -0.4 is 4.72 Å². The molecule has 11 heavy (non-hydrogen) atoms. The minimum atomic E-state index is -4.15. The van der Waals surface area contributed by atoms with E-state index < -0.39 is 10.3 Å². The van der Waals surface area contributed by atoms with Gasteiger partial charge in [-0.3, -0.25) is 4.55 Å². The fraction of sp³-hybridized carbons (Fsp3) is 0. The molecule has 1 aromatic rings. The van der Waals surface area contributed by atoms with Crippen molar-refractivity contribution in [1.29, 1.82) is 0 Å². The second kappa shape index (κ2) is 4.39. The van der Waals surface area contributed by atoms with Crippen LogP contribution in [-0.4, -0.2) is 47.5 Å². The fourth-order valence-electron chi connectivity index (χ4n) is 0.384. The number of rotatable bonds is 2. The summed E-state index contributed by atoms with van der Waals surface area (Å²) in [4.78, 5) is 3.57. The van der Waals surface area contributed by atoms with Gasteiger partial charge in [0.05, 0.1) is 0 Å². The van der Waals surface area contributed by atoms with Crippen LogP contribution in [0, 0.1) is 0 Å². The Kier molecular flexibility index (Phi) is 4.52. The van der Waals surface area contributed by atoms with Crippen LogP contribution in [0.4, 0.5) is 5.13 Å². The molecule has 0 aromatic carbocycles. The van der Waals surface area contributed by atoms with E-state index in [4.69, 9.17) is 4.55 Å². The van der Waals surface area contributed by atoms with Gasteiger partial charge in [0.2, 0.25) is 0 Å². The summed E-state index contributed by atoms with van der Waals surface area (Å²) in [6.45, 7) is 0. The Balaban J connectivity index is 0.000001000. The first-order valence-electron chi connectivity index (χ1n) is 2.22. The molecule has 1 rings (SSSR count). The van der Waals surface area contributed by atoms with Gasteiger partial charge in [-0.05, 0) is 0 Å². The van der Waals surface area contributed by atoms with Gasteiger partial charge in [-0.2, -0.15) is 8.42 Å². The molecule has 1 radical (unpaired) electrons. The van der Waals surface area contributed by atoms with Crippen LogP contribution in [0.25, 0.3) is 0 Å². The van der Waals surface area contributed by atoms with Crippen molar-refractivity contribution in [3.63, 3.8) is 0 Å². The van der Waals surface area contributed by atoms with Crippen molar-refractivity contribution in [2.24, 2.45) is 0 Å². The van der Waals surface area contributed by atoms with E-state index in [0.717, 1.165) is 11.3 Å². The molecule has 0 unspecified atom stereocenters. The molecular formula is C3H4N2NaO3S2. The summed E-state index contributed by atoms with van der Waals surface area (Å²) in [5.74, 6) is 0. The molecule has 1 aromatic heterocycles. The zero-order chi connectivity index (χ0) is 7.61. The van der Waals surface area contributed by atoms with Gasteiger partial charge in [-0.1, -0.05) is 0 Å². The molecule has 0 aliphatic rings. The van der Waals surface area contributed by atoms with Crippen LogP contribution in [0.3, 0.4) is 0 Å². The molecule has 0 atom stereocenters. The molecule has 0 bridgehead atoms. The minimum absolute atomic E-state index is 0. The van der Waals surface area contributed by atoms with Crippen LogP contribution in [0.5, 0.6) is 0 Å². The Morgan fingerprint density at radius 2 is 2.27 bits per heavy atom. The summed E-state index contributed by atoms with van der Waals surface area (Å²) >= 11 is 1.09. The van der Waals surface area contributed by atoms with Gasteiger partial charge in [-0.15, -0.1) is 11.3 Å². The summed E-state index contributed by atoms with van der Waals surface area (Å²) in [6, 6.07) is 0. The average molecular weight is 203 g/mol. The SMILES string of the molecule is O=S(=O)(O)Nc1nccs1.[Na]. The van der Waals surface area contributed by atoms with E-state index in [0.29, 0.717) is 0 Å². The van der Waals surface area contributed by atoms with E-state index in [1.807, 2.05) is 0 Å². The second-order valence-electron chi connectivity index (χ2n) is 1.41.